The molecule has 0 N–H and O–H groups in total. The SMILES string of the molecule is COC(=O)C1=C(C(=O)OC)N2C=Cc3ccccc3[C@@H]2[C@@]2(C(C)=O)C(=O)Oc3ccc(Br)cc3[C@@H]12. The van der Waals surface area contributed by atoms with E-state index in [-0.39, 0.29) is 17.0 Å². The van der Waals surface area contributed by atoms with E-state index >= 15 is 0 Å². The maximum absolute atomic E-state index is 13.9. The number of carbonyl (C=O) groups excluding carboxylic acids is 4. The van der Waals surface area contributed by atoms with Gasteiger partial charge in [-0.15, -0.1) is 0 Å². The summed E-state index contributed by atoms with van der Waals surface area (Å²) in [6.07, 6.45) is 3.32. The van der Waals surface area contributed by atoms with E-state index in [2.05, 4.69) is 15.9 Å². The summed E-state index contributed by atoms with van der Waals surface area (Å²) in [5.74, 6) is -3.95. The molecule has 0 bridgehead atoms. The molecule has 0 aliphatic carbocycles. The highest BCUT2D eigenvalue weighted by molar-refractivity contribution is 9.10. The molecule has 0 spiro atoms. The van der Waals surface area contributed by atoms with Crippen LogP contribution in [0.15, 0.2) is 64.4 Å². The van der Waals surface area contributed by atoms with Gasteiger partial charge >= 0.3 is 17.9 Å². The molecule has 0 unspecified atom stereocenters. The molecule has 0 fully saturated rings. The number of esters is 3. The minimum absolute atomic E-state index is 0.0994. The number of hydrogen-bond acceptors (Lipinski definition) is 8. The van der Waals surface area contributed by atoms with Gasteiger partial charge in [-0.2, -0.15) is 0 Å². The molecule has 5 rings (SSSR count). The number of rotatable bonds is 3. The number of ketones is 1. The van der Waals surface area contributed by atoms with Crippen LogP contribution in [0.3, 0.4) is 0 Å². The zero-order valence-electron chi connectivity index (χ0n) is 19.0. The van der Waals surface area contributed by atoms with Gasteiger partial charge in [0, 0.05) is 22.2 Å². The van der Waals surface area contributed by atoms with Crippen LogP contribution in [0.2, 0.25) is 0 Å². The van der Waals surface area contributed by atoms with Gasteiger partial charge in [-0.25, -0.2) is 9.59 Å². The molecule has 178 valence electrons. The van der Waals surface area contributed by atoms with E-state index in [4.69, 9.17) is 14.2 Å². The molecular weight excluding hydrogens is 518 g/mol. The lowest BCUT2D eigenvalue weighted by molar-refractivity contribution is -0.163. The molecule has 9 heteroatoms. The molecule has 0 saturated carbocycles. The zero-order valence-corrected chi connectivity index (χ0v) is 20.6. The van der Waals surface area contributed by atoms with Crippen molar-refractivity contribution in [3.63, 3.8) is 0 Å². The Morgan fingerprint density at radius 3 is 2.43 bits per heavy atom. The highest BCUT2D eigenvalue weighted by Gasteiger charge is 2.68. The van der Waals surface area contributed by atoms with Crippen molar-refractivity contribution >= 4 is 45.7 Å². The van der Waals surface area contributed by atoms with Gasteiger partial charge in [0.2, 0.25) is 0 Å². The molecule has 0 saturated heterocycles. The van der Waals surface area contributed by atoms with Gasteiger partial charge in [-0.3, -0.25) is 9.59 Å². The molecule has 2 aromatic rings. The second kappa shape index (κ2) is 8.20. The van der Waals surface area contributed by atoms with Crippen molar-refractivity contribution in [2.24, 2.45) is 5.41 Å². The lowest BCUT2D eigenvalue weighted by Crippen LogP contribution is -2.61. The summed E-state index contributed by atoms with van der Waals surface area (Å²) in [4.78, 5) is 55.6. The molecule has 35 heavy (non-hydrogen) atoms. The van der Waals surface area contributed by atoms with Crippen molar-refractivity contribution in [1.82, 2.24) is 4.90 Å². The van der Waals surface area contributed by atoms with Gasteiger partial charge in [-0.1, -0.05) is 40.2 Å². The van der Waals surface area contributed by atoms with E-state index in [1.807, 2.05) is 12.1 Å². The number of Topliss-reactive ketones (excluding diaryl/α,β-unsaturated/α-hetero) is 1. The first-order chi connectivity index (χ1) is 16.8. The van der Waals surface area contributed by atoms with Crippen LogP contribution in [0.4, 0.5) is 0 Å². The van der Waals surface area contributed by atoms with Gasteiger partial charge in [0.1, 0.15) is 11.4 Å². The third kappa shape index (κ3) is 3.04. The Morgan fingerprint density at radius 2 is 1.74 bits per heavy atom. The van der Waals surface area contributed by atoms with Crippen molar-refractivity contribution in [3.8, 4) is 5.75 Å². The van der Waals surface area contributed by atoms with E-state index in [0.717, 1.165) is 5.56 Å². The fourth-order valence-electron chi connectivity index (χ4n) is 5.47. The quantitative estimate of drug-likeness (QED) is 0.332. The fraction of sp³-hybridized carbons (Fsp3) is 0.231. The summed E-state index contributed by atoms with van der Waals surface area (Å²) in [6, 6.07) is 11.2. The molecule has 3 atom stereocenters. The van der Waals surface area contributed by atoms with Crippen molar-refractivity contribution in [3.05, 3.63) is 81.1 Å². The number of ether oxygens (including phenoxy) is 3. The van der Waals surface area contributed by atoms with E-state index in [1.54, 1.807) is 42.6 Å². The summed E-state index contributed by atoms with van der Waals surface area (Å²) < 4.78 is 16.5. The summed E-state index contributed by atoms with van der Waals surface area (Å²) in [5.41, 5.74) is -0.330. The smallest absolute Gasteiger partial charge is 0.355 e. The minimum atomic E-state index is -1.89. The van der Waals surface area contributed by atoms with E-state index < -0.39 is 41.1 Å². The Labute approximate surface area is 209 Å². The largest absolute Gasteiger partial charge is 0.466 e. The van der Waals surface area contributed by atoms with Crippen LogP contribution >= 0.6 is 15.9 Å². The summed E-state index contributed by atoms with van der Waals surface area (Å²) in [7, 11) is 2.38. The summed E-state index contributed by atoms with van der Waals surface area (Å²) >= 11 is 3.43. The first-order valence-corrected chi connectivity index (χ1v) is 11.6. The molecule has 0 aromatic heterocycles. The maximum Gasteiger partial charge on any atom is 0.355 e. The molecule has 0 amide bonds. The Balaban J connectivity index is 1.99. The number of halogens is 1. The lowest BCUT2D eigenvalue weighted by Gasteiger charge is -2.54. The Hall–Kier alpha value is -3.72. The van der Waals surface area contributed by atoms with Crippen molar-refractivity contribution in [1.29, 1.82) is 0 Å². The first-order valence-electron chi connectivity index (χ1n) is 10.8. The van der Waals surface area contributed by atoms with Crippen LogP contribution in [0.25, 0.3) is 6.08 Å². The number of methoxy groups -OCH3 is 2. The third-order valence-corrected chi connectivity index (χ3v) is 7.36. The third-order valence-electron chi connectivity index (χ3n) is 6.86. The van der Waals surface area contributed by atoms with Crippen LogP contribution in [-0.4, -0.2) is 42.8 Å². The number of fused-ring (bicyclic) bond motifs is 7. The highest BCUT2D eigenvalue weighted by Crippen LogP contribution is 2.63. The second-order valence-corrected chi connectivity index (χ2v) is 9.35. The van der Waals surface area contributed by atoms with Gasteiger partial charge in [-0.05, 0) is 42.3 Å². The zero-order chi connectivity index (χ0) is 25.1. The Morgan fingerprint density at radius 1 is 1.03 bits per heavy atom. The predicted octanol–water partition coefficient (Wildman–Crippen LogP) is 3.67. The molecule has 8 nitrogen and oxygen atoms in total. The maximum atomic E-state index is 13.9. The van der Waals surface area contributed by atoms with Crippen LogP contribution in [0.5, 0.6) is 5.75 Å². The van der Waals surface area contributed by atoms with Crippen LogP contribution < -0.4 is 4.74 Å². The van der Waals surface area contributed by atoms with Gasteiger partial charge in [0.05, 0.1) is 25.8 Å². The Bertz CT molecular complexity index is 1380. The molecule has 3 aliphatic heterocycles. The topological polar surface area (TPSA) is 99.2 Å². The minimum Gasteiger partial charge on any atom is -0.466 e. The second-order valence-electron chi connectivity index (χ2n) is 8.43. The van der Waals surface area contributed by atoms with Crippen LogP contribution in [0, 0.1) is 5.41 Å². The molecule has 3 heterocycles. The van der Waals surface area contributed by atoms with E-state index in [9.17, 15) is 19.2 Å². The van der Waals surface area contributed by atoms with E-state index in [0.29, 0.717) is 15.6 Å². The van der Waals surface area contributed by atoms with Crippen LogP contribution in [-0.2, 0) is 28.7 Å². The number of benzene rings is 2. The number of hydrogen-bond donors (Lipinski definition) is 0. The van der Waals surface area contributed by atoms with Crippen molar-refractivity contribution < 1.29 is 33.4 Å². The van der Waals surface area contributed by atoms with E-state index in [1.165, 1.54) is 26.0 Å². The molecular formula is C26H20BrNO7. The standard InChI is InChI=1S/C26H20BrNO7/c1-13(29)26-20(17-12-15(27)8-9-18(17)35-25(26)32)19(23(30)33-2)21(24(31)34-3)28-11-10-14-6-4-5-7-16(14)22(26)28/h4-12,20,22H,1-3H3/t20-,22+,26-/m0/s1. The average Bonchev–Trinajstić information content (AvgIpc) is 2.86. The van der Waals surface area contributed by atoms with Crippen LogP contribution in [0.1, 0.15) is 35.6 Å². The number of carbonyl (C=O) groups is 4. The molecule has 3 aliphatic rings. The van der Waals surface area contributed by atoms with Gasteiger partial charge in [0.25, 0.3) is 0 Å². The monoisotopic (exact) mass is 537 g/mol. The first kappa shape index (κ1) is 23.0. The summed E-state index contributed by atoms with van der Waals surface area (Å²) in [5, 5.41) is 0. The molecule has 2 aromatic carbocycles. The summed E-state index contributed by atoms with van der Waals surface area (Å²) in [6.45, 7) is 1.30. The fourth-order valence-corrected chi connectivity index (χ4v) is 5.85. The highest BCUT2D eigenvalue weighted by atomic mass is 79.9. The van der Waals surface area contributed by atoms with Gasteiger partial charge in [0.15, 0.2) is 11.2 Å². The van der Waals surface area contributed by atoms with Gasteiger partial charge < -0.3 is 19.1 Å². The van der Waals surface area contributed by atoms with Crippen molar-refractivity contribution in [2.45, 2.75) is 18.9 Å². The normalized spacial score (nSPS) is 23.9. The van der Waals surface area contributed by atoms with Crippen molar-refractivity contribution in [2.75, 3.05) is 14.2 Å². The average molecular weight is 538 g/mol. The predicted molar refractivity (Wildman–Crippen MR) is 127 cm³/mol. The Kier molecular flexibility index (Phi) is 5.40. The lowest BCUT2D eigenvalue weighted by atomic mass is 9.56. The molecule has 0 radical (unpaired) electrons. The number of nitrogens with zero attached hydrogens (tertiary/aromatic N) is 1.